The van der Waals surface area contributed by atoms with E-state index in [-0.39, 0.29) is 22.6 Å². The number of aromatic nitrogens is 1. The summed E-state index contributed by atoms with van der Waals surface area (Å²) in [5, 5.41) is 15.5. The van der Waals surface area contributed by atoms with Crippen LogP contribution in [0, 0.1) is 0 Å². The standard InChI is InChI=1S/C24H20BrClN2O4/c1-24(2,3)17-12-18(27-32-17)28-20(15-6-4-5-7-16(15)26)19(22(30)23(28)31)21(29)13-8-10-14(25)11-9-13/h4-12,20,29H,1-3H3/b21-19+. The monoisotopic (exact) mass is 514 g/mol. The SMILES string of the molecule is CC(C)(C)c1cc(N2C(=O)C(=O)/C(=C(/O)c3ccc(Br)cc3)C2c2ccccc2Cl)no1. The quantitative estimate of drug-likeness (QED) is 0.262. The molecule has 1 amide bonds. The zero-order valence-electron chi connectivity index (χ0n) is 17.6. The van der Waals surface area contributed by atoms with Crippen LogP contribution in [0.15, 0.2) is 69.2 Å². The van der Waals surface area contributed by atoms with E-state index >= 15 is 0 Å². The summed E-state index contributed by atoms with van der Waals surface area (Å²) in [6.45, 7) is 5.85. The molecule has 1 saturated heterocycles. The molecule has 32 heavy (non-hydrogen) atoms. The molecule has 164 valence electrons. The number of Topliss-reactive ketones (excluding diaryl/α,β-unsaturated/α-hetero) is 1. The highest BCUT2D eigenvalue weighted by molar-refractivity contribution is 9.10. The number of rotatable bonds is 3. The number of aliphatic hydroxyl groups excluding tert-OH is 1. The van der Waals surface area contributed by atoms with Crippen molar-refractivity contribution in [3.63, 3.8) is 0 Å². The maximum Gasteiger partial charge on any atom is 0.301 e. The van der Waals surface area contributed by atoms with Crippen molar-refractivity contribution in [2.45, 2.75) is 32.2 Å². The van der Waals surface area contributed by atoms with Gasteiger partial charge in [0.2, 0.25) is 0 Å². The number of nitrogens with zero attached hydrogens (tertiary/aromatic N) is 2. The fourth-order valence-corrected chi connectivity index (χ4v) is 4.06. The molecular weight excluding hydrogens is 496 g/mol. The van der Waals surface area contributed by atoms with Crippen LogP contribution in [0.3, 0.4) is 0 Å². The van der Waals surface area contributed by atoms with E-state index in [1.54, 1.807) is 54.6 Å². The van der Waals surface area contributed by atoms with Gasteiger partial charge < -0.3 is 9.63 Å². The summed E-state index contributed by atoms with van der Waals surface area (Å²) < 4.78 is 6.28. The third-order valence-electron chi connectivity index (χ3n) is 5.25. The molecule has 3 aromatic rings. The molecule has 2 heterocycles. The minimum atomic E-state index is -0.967. The van der Waals surface area contributed by atoms with Crippen molar-refractivity contribution in [1.82, 2.24) is 5.16 Å². The molecule has 1 atom stereocenters. The van der Waals surface area contributed by atoms with Gasteiger partial charge in [-0.25, -0.2) is 0 Å². The highest BCUT2D eigenvalue weighted by atomic mass is 79.9. The van der Waals surface area contributed by atoms with Gasteiger partial charge in [-0.2, -0.15) is 0 Å². The molecule has 1 N–H and O–H groups in total. The Morgan fingerprint density at radius 1 is 1.12 bits per heavy atom. The van der Waals surface area contributed by atoms with Crippen LogP contribution in [0.5, 0.6) is 0 Å². The van der Waals surface area contributed by atoms with Gasteiger partial charge in [0, 0.05) is 26.5 Å². The van der Waals surface area contributed by atoms with E-state index in [0.717, 1.165) is 4.47 Å². The van der Waals surface area contributed by atoms with Crippen LogP contribution < -0.4 is 4.90 Å². The van der Waals surface area contributed by atoms with Crippen molar-refractivity contribution in [1.29, 1.82) is 0 Å². The third-order valence-corrected chi connectivity index (χ3v) is 6.12. The van der Waals surface area contributed by atoms with Crippen LogP contribution >= 0.6 is 27.5 Å². The summed E-state index contributed by atoms with van der Waals surface area (Å²) in [6.07, 6.45) is 0. The Morgan fingerprint density at radius 3 is 2.38 bits per heavy atom. The van der Waals surface area contributed by atoms with Crippen LogP contribution in [-0.2, 0) is 15.0 Å². The van der Waals surface area contributed by atoms with Crippen LogP contribution in [-0.4, -0.2) is 22.0 Å². The van der Waals surface area contributed by atoms with E-state index < -0.39 is 17.7 Å². The van der Waals surface area contributed by atoms with Crippen LogP contribution in [0.1, 0.15) is 43.7 Å². The first-order valence-electron chi connectivity index (χ1n) is 9.88. The van der Waals surface area contributed by atoms with Crippen LogP contribution in [0.25, 0.3) is 5.76 Å². The Kier molecular flexibility index (Phi) is 5.73. The second-order valence-electron chi connectivity index (χ2n) is 8.50. The molecule has 0 saturated carbocycles. The predicted octanol–water partition coefficient (Wildman–Crippen LogP) is 6.01. The smallest absolute Gasteiger partial charge is 0.301 e. The summed E-state index contributed by atoms with van der Waals surface area (Å²) >= 11 is 9.82. The van der Waals surface area contributed by atoms with Crippen molar-refractivity contribution in [3.8, 4) is 0 Å². The average Bonchev–Trinajstić information content (AvgIpc) is 3.32. The summed E-state index contributed by atoms with van der Waals surface area (Å²) in [5.41, 5.74) is 0.479. The predicted molar refractivity (Wildman–Crippen MR) is 126 cm³/mol. The van der Waals surface area contributed by atoms with Crippen molar-refractivity contribution in [3.05, 3.63) is 86.6 Å². The summed E-state index contributed by atoms with van der Waals surface area (Å²) in [5.74, 6) is -1.20. The van der Waals surface area contributed by atoms with Gasteiger partial charge in [-0.05, 0) is 23.8 Å². The molecule has 2 aromatic carbocycles. The molecule has 8 heteroatoms. The number of ketones is 1. The molecule has 0 bridgehead atoms. The molecule has 4 rings (SSSR count). The number of aliphatic hydroxyl groups is 1. The number of benzene rings is 2. The topological polar surface area (TPSA) is 83.6 Å². The van der Waals surface area contributed by atoms with Gasteiger partial charge in [-0.15, -0.1) is 0 Å². The minimum Gasteiger partial charge on any atom is -0.507 e. The largest absolute Gasteiger partial charge is 0.507 e. The van der Waals surface area contributed by atoms with Gasteiger partial charge in [0.05, 0.1) is 11.6 Å². The summed E-state index contributed by atoms with van der Waals surface area (Å²) in [4.78, 5) is 27.5. The van der Waals surface area contributed by atoms with Crippen molar-refractivity contribution < 1.29 is 19.2 Å². The van der Waals surface area contributed by atoms with Gasteiger partial charge in [0.1, 0.15) is 11.5 Å². The van der Waals surface area contributed by atoms with Gasteiger partial charge in [0.25, 0.3) is 5.78 Å². The number of hydrogen-bond donors (Lipinski definition) is 1. The highest BCUT2D eigenvalue weighted by Crippen LogP contribution is 2.44. The highest BCUT2D eigenvalue weighted by Gasteiger charge is 2.49. The maximum absolute atomic E-state index is 13.2. The van der Waals surface area contributed by atoms with Gasteiger partial charge in [-0.3, -0.25) is 14.5 Å². The van der Waals surface area contributed by atoms with E-state index in [4.69, 9.17) is 16.1 Å². The molecular formula is C24H20BrClN2O4. The van der Waals surface area contributed by atoms with Crippen molar-refractivity contribution >= 4 is 50.8 Å². The molecule has 6 nitrogen and oxygen atoms in total. The lowest BCUT2D eigenvalue weighted by Crippen LogP contribution is -2.30. The number of amides is 1. The first-order chi connectivity index (χ1) is 15.1. The van der Waals surface area contributed by atoms with Crippen LogP contribution in [0.4, 0.5) is 5.82 Å². The van der Waals surface area contributed by atoms with E-state index in [1.165, 1.54) is 4.90 Å². The Balaban J connectivity index is 1.94. The van der Waals surface area contributed by atoms with E-state index in [1.807, 2.05) is 20.8 Å². The maximum atomic E-state index is 13.2. The molecule has 1 aromatic heterocycles. The molecule has 1 unspecified atom stereocenters. The fourth-order valence-electron chi connectivity index (χ4n) is 3.56. The van der Waals surface area contributed by atoms with Crippen molar-refractivity contribution in [2.24, 2.45) is 0 Å². The first-order valence-corrected chi connectivity index (χ1v) is 11.0. The Bertz CT molecular complexity index is 1240. The lowest BCUT2D eigenvalue weighted by atomic mass is 9.93. The lowest BCUT2D eigenvalue weighted by molar-refractivity contribution is -0.132. The molecule has 1 aliphatic rings. The third kappa shape index (κ3) is 3.87. The zero-order chi connectivity index (χ0) is 23.2. The van der Waals surface area contributed by atoms with Gasteiger partial charge in [-0.1, -0.05) is 83.8 Å². The summed E-state index contributed by atoms with van der Waals surface area (Å²) in [6, 6.07) is 14.3. The minimum absolute atomic E-state index is 0.0641. The normalized spacial score (nSPS) is 18.4. The zero-order valence-corrected chi connectivity index (χ0v) is 19.9. The molecule has 1 aliphatic heterocycles. The molecule has 0 radical (unpaired) electrons. The second-order valence-corrected chi connectivity index (χ2v) is 9.82. The Morgan fingerprint density at radius 2 is 1.78 bits per heavy atom. The lowest BCUT2D eigenvalue weighted by Gasteiger charge is -2.23. The number of hydrogen-bond acceptors (Lipinski definition) is 5. The average molecular weight is 516 g/mol. The Hall–Kier alpha value is -2.90. The molecule has 0 aliphatic carbocycles. The summed E-state index contributed by atoms with van der Waals surface area (Å²) in [7, 11) is 0. The van der Waals surface area contributed by atoms with E-state index in [2.05, 4.69) is 21.1 Å². The number of carbonyl (C=O) groups excluding carboxylic acids is 2. The molecule has 1 fully saturated rings. The van der Waals surface area contributed by atoms with Gasteiger partial charge in [0.15, 0.2) is 5.82 Å². The fraction of sp³-hybridized carbons (Fsp3) is 0.208. The first kappa shape index (κ1) is 22.3. The van der Waals surface area contributed by atoms with E-state index in [0.29, 0.717) is 21.9 Å². The van der Waals surface area contributed by atoms with Gasteiger partial charge >= 0.3 is 5.91 Å². The van der Waals surface area contributed by atoms with Crippen molar-refractivity contribution in [2.75, 3.05) is 4.90 Å². The number of halogens is 2. The molecule has 0 spiro atoms. The number of carbonyl (C=O) groups is 2. The Labute approximate surface area is 198 Å². The van der Waals surface area contributed by atoms with E-state index in [9.17, 15) is 14.7 Å². The second kappa shape index (κ2) is 8.22. The number of anilines is 1. The van der Waals surface area contributed by atoms with Crippen LogP contribution in [0.2, 0.25) is 5.02 Å².